The minimum absolute atomic E-state index is 0.0630. The number of rotatable bonds is 4. The SMILES string of the molecule is O=C(c1cccs1)N1CCN2C(=O)N(CCc3cccs3)C(=O)[C@H]2C1. The highest BCUT2D eigenvalue weighted by atomic mass is 32.1. The number of thiophene rings is 2. The minimum Gasteiger partial charge on any atom is -0.334 e. The third kappa shape index (κ3) is 2.96. The van der Waals surface area contributed by atoms with Crippen LogP contribution in [0.4, 0.5) is 4.79 Å². The lowest BCUT2D eigenvalue weighted by Crippen LogP contribution is -2.54. The summed E-state index contributed by atoms with van der Waals surface area (Å²) in [5.74, 6) is -0.253. The summed E-state index contributed by atoms with van der Waals surface area (Å²) in [6.45, 7) is 1.54. The van der Waals surface area contributed by atoms with Gasteiger partial charge in [-0.3, -0.25) is 14.5 Å². The van der Waals surface area contributed by atoms with Crippen LogP contribution < -0.4 is 0 Å². The molecule has 2 fully saturated rings. The van der Waals surface area contributed by atoms with E-state index in [0.717, 1.165) is 4.88 Å². The number of imide groups is 1. The van der Waals surface area contributed by atoms with Crippen LogP contribution >= 0.6 is 22.7 Å². The molecule has 25 heavy (non-hydrogen) atoms. The summed E-state index contributed by atoms with van der Waals surface area (Å²) < 4.78 is 0. The Kier molecular flexibility index (Phi) is 4.30. The van der Waals surface area contributed by atoms with E-state index in [1.54, 1.807) is 27.2 Å². The van der Waals surface area contributed by atoms with Crippen molar-refractivity contribution in [3.05, 3.63) is 44.8 Å². The Bertz CT molecular complexity index is 788. The van der Waals surface area contributed by atoms with Crippen LogP contribution in [0, 0.1) is 0 Å². The lowest BCUT2D eigenvalue weighted by atomic mass is 10.1. The summed E-state index contributed by atoms with van der Waals surface area (Å²) in [7, 11) is 0. The van der Waals surface area contributed by atoms with Crippen molar-refractivity contribution < 1.29 is 14.4 Å². The van der Waals surface area contributed by atoms with E-state index in [9.17, 15) is 14.4 Å². The largest absolute Gasteiger partial charge is 0.334 e. The van der Waals surface area contributed by atoms with Crippen LogP contribution in [0.1, 0.15) is 14.5 Å². The normalized spacial score (nSPS) is 20.3. The van der Waals surface area contributed by atoms with E-state index in [0.29, 0.717) is 30.9 Å². The van der Waals surface area contributed by atoms with E-state index in [-0.39, 0.29) is 24.4 Å². The first-order chi connectivity index (χ1) is 12.1. The molecule has 4 amide bonds. The van der Waals surface area contributed by atoms with Crippen molar-refractivity contribution in [2.45, 2.75) is 12.5 Å². The molecule has 130 valence electrons. The fourth-order valence-electron chi connectivity index (χ4n) is 3.28. The molecule has 1 atom stereocenters. The van der Waals surface area contributed by atoms with E-state index in [1.165, 1.54) is 16.2 Å². The van der Waals surface area contributed by atoms with E-state index < -0.39 is 6.04 Å². The van der Waals surface area contributed by atoms with Crippen LogP contribution in [0.5, 0.6) is 0 Å². The lowest BCUT2D eigenvalue weighted by molar-refractivity contribution is -0.129. The Morgan fingerprint density at radius 1 is 1.12 bits per heavy atom. The summed E-state index contributed by atoms with van der Waals surface area (Å²) in [5, 5.41) is 3.85. The maximum Gasteiger partial charge on any atom is 0.327 e. The number of piperazine rings is 1. The van der Waals surface area contributed by atoms with Crippen molar-refractivity contribution >= 4 is 40.5 Å². The number of carbonyl (C=O) groups is 3. The first-order valence-electron chi connectivity index (χ1n) is 8.12. The van der Waals surface area contributed by atoms with Crippen LogP contribution in [0.25, 0.3) is 0 Å². The second-order valence-electron chi connectivity index (χ2n) is 6.04. The monoisotopic (exact) mass is 375 g/mol. The third-order valence-corrected chi connectivity index (χ3v) is 6.38. The van der Waals surface area contributed by atoms with Crippen LogP contribution in [-0.2, 0) is 11.2 Å². The van der Waals surface area contributed by atoms with Gasteiger partial charge in [0.25, 0.3) is 11.8 Å². The second-order valence-corrected chi connectivity index (χ2v) is 8.02. The average Bonchev–Trinajstić information content (AvgIpc) is 3.36. The quantitative estimate of drug-likeness (QED) is 0.770. The smallest absolute Gasteiger partial charge is 0.327 e. The topological polar surface area (TPSA) is 60.9 Å². The molecule has 2 aromatic heterocycles. The molecule has 0 aliphatic carbocycles. The number of nitrogens with zero attached hydrogens (tertiary/aromatic N) is 3. The van der Waals surface area contributed by atoms with Gasteiger partial charge in [-0.25, -0.2) is 4.79 Å². The highest BCUT2D eigenvalue weighted by molar-refractivity contribution is 7.12. The average molecular weight is 375 g/mol. The molecule has 2 aliphatic heterocycles. The molecule has 0 unspecified atom stereocenters. The zero-order valence-corrected chi connectivity index (χ0v) is 15.1. The molecule has 2 saturated heterocycles. The first-order valence-corrected chi connectivity index (χ1v) is 9.88. The fraction of sp³-hybridized carbons (Fsp3) is 0.353. The van der Waals surface area contributed by atoms with Crippen LogP contribution in [0.3, 0.4) is 0 Å². The predicted octanol–water partition coefficient (Wildman–Crippen LogP) is 2.14. The molecule has 0 saturated carbocycles. The van der Waals surface area contributed by atoms with Crippen LogP contribution in [0.2, 0.25) is 0 Å². The minimum atomic E-state index is -0.548. The summed E-state index contributed by atoms with van der Waals surface area (Å²) >= 11 is 3.01. The molecule has 6 nitrogen and oxygen atoms in total. The van der Waals surface area contributed by atoms with Gasteiger partial charge in [0.2, 0.25) is 0 Å². The molecule has 2 aliphatic rings. The van der Waals surface area contributed by atoms with Gasteiger partial charge in [0.1, 0.15) is 6.04 Å². The molecule has 4 heterocycles. The summed E-state index contributed by atoms with van der Waals surface area (Å²) in [5.41, 5.74) is 0. The maximum absolute atomic E-state index is 12.7. The van der Waals surface area contributed by atoms with Crippen LogP contribution in [-0.4, -0.2) is 64.8 Å². The van der Waals surface area contributed by atoms with Crippen molar-refractivity contribution in [2.75, 3.05) is 26.2 Å². The second kappa shape index (κ2) is 6.61. The molecule has 0 radical (unpaired) electrons. The highest BCUT2D eigenvalue weighted by Gasteiger charge is 2.48. The Labute approximate surface area is 153 Å². The molecular weight excluding hydrogens is 358 g/mol. The predicted molar refractivity (Wildman–Crippen MR) is 95.8 cm³/mol. The molecule has 0 bridgehead atoms. The molecule has 8 heteroatoms. The van der Waals surface area contributed by atoms with E-state index in [4.69, 9.17) is 0 Å². The molecule has 0 aromatic carbocycles. The van der Waals surface area contributed by atoms with Gasteiger partial charge in [0.15, 0.2) is 0 Å². The standard InChI is InChI=1S/C17H17N3O3S2/c21-15-13-11-18(16(22)14-4-2-10-25-14)7-8-19(13)17(23)20(15)6-5-12-3-1-9-24-12/h1-4,9-10,13H,5-8,11H2/t13-/m1/s1. The van der Waals surface area contributed by atoms with Crippen molar-refractivity contribution in [2.24, 2.45) is 0 Å². The van der Waals surface area contributed by atoms with Crippen molar-refractivity contribution in [3.63, 3.8) is 0 Å². The number of hydrogen-bond donors (Lipinski definition) is 0. The Hall–Kier alpha value is -2.19. The molecule has 4 rings (SSSR count). The van der Waals surface area contributed by atoms with Crippen LogP contribution in [0.15, 0.2) is 35.0 Å². The van der Waals surface area contributed by atoms with Gasteiger partial charge in [0, 0.05) is 24.5 Å². The molecule has 0 spiro atoms. The Morgan fingerprint density at radius 3 is 2.64 bits per heavy atom. The van der Waals surface area contributed by atoms with E-state index in [1.807, 2.05) is 29.0 Å². The zero-order chi connectivity index (χ0) is 17.4. The van der Waals surface area contributed by atoms with Gasteiger partial charge in [-0.15, -0.1) is 22.7 Å². The molecular formula is C17H17N3O3S2. The number of carbonyl (C=O) groups excluding carboxylic acids is 3. The van der Waals surface area contributed by atoms with Crippen molar-refractivity contribution in [1.29, 1.82) is 0 Å². The van der Waals surface area contributed by atoms with E-state index >= 15 is 0 Å². The lowest BCUT2D eigenvalue weighted by Gasteiger charge is -2.35. The maximum atomic E-state index is 12.7. The van der Waals surface area contributed by atoms with Gasteiger partial charge in [-0.1, -0.05) is 12.1 Å². The molecule has 0 N–H and O–H groups in total. The summed E-state index contributed by atoms with van der Waals surface area (Å²) in [6, 6.07) is 6.82. The Morgan fingerprint density at radius 2 is 1.92 bits per heavy atom. The summed E-state index contributed by atoms with van der Waals surface area (Å²) in [4.78, 5) is 44.2. The third-order valence-electron chi connectivity index (χ3n) is 4.59. The fourth-order valence-corrected chi connectivity index (χ4v) is 4.66. The number of hydrogen-bond acceptors (Lipinski definition) is 5. The molecule has 2 aromatic rings. The van der Waals surface area contributed by atoms with Crippen molar-refractivity contribution in [1.82, 2.24) is 14.7 Å². The van der Waals surface area contributed by atoms with Crippen molar-refractivity contribution in [3.8, 4) is 0 Å². The Balaban J connectivity index is 1.44. The van der Waals surface area contributed by atoms with Gasteiger partial charge < -0.3 is 9.80 Å². The van der Waals surface area contributed by atoms with Gasteiger partial charge in [0.05, 0.1) is 11.4 Å². The number of urea groups is 1. The number of amides is 4. The summed E-state index contributed by atoms with van der Waals surface area (Å²) in [6.07, 6.45) is 0.674. The van der Waals surface area contributed by atoms with Gasteiger partial charge >= 0.3 is 6.03 Å². The zero-order valence-electron chi connectivity index (χ0n) is 13.5. The van der Waals surface area contributed by atoms with Gasteiger partial charge in [-0.2, -0.15) is 0 Å². The first kappa shape index (κ1) is 16.3. The number of fused-ring (bicyclic) bond motifs is 1. The highest BCUT2D eigenvalue weighted by Crippen LogP contribution is 2.24. The van der Waals surface area contributed by atoms with E-state index in [2.05, 4.69) is 0 Å². The van der Waals surface area contributed by atoms with Gasteiger partial charge in [-0.05, 0) is 29.3 Å².